The summed E-state index contributed by atoms with van der Waals surface area (Å²) >= 11 is 0. The van der Waals surface area contributed by atoms with Gasteiger partial charge in [0.25, 0.3) is 0 Å². The van der Waals surface area contributed by atoms with Gasteiger partial charge in [-0.2, -0.15) is 0 Å². The monoisotopic (exact) mass is 275 g/mol. The normalized spacial score (nSPS) is 19.2. The van der Waals surface area contributed by atoms with Crippen LogP contribution in [0.25, 0.3) is 0 Å². The number of aromatic nitrogens is 1. The van der Waals surface area contributed by atoms with Gasteiger partial charge in [0, 0.05) is 26.1 Å². The quantitative estimate of drug-likeness (QED) is 0.748. The number of likely N-dealkylation sites (tertiary alicyclic amines) is 1. The van der Waals surface area contributed by atoms with Gasteiger partial charge in [-0.25, -0.2) is 0 Å². The summed E-state index contributed by atoms with van der Waals surface area (Å²) in [5.41, 5.74) is 1.65. The summed E-state index contributed by atoms with van der Waals surface area (Å²) in [6.07, 6.45) is 4.90. The molecule has 1 aromatic heterocycles. The third kappa shape index (κ3) is 3.37. The Balaban J connectivity index is 1.98. The summed E-state index contributed by atoms with van der Waals surface area (Å²) in [4.78, 5) is 20.6. The van der Waals surface area contributed by atoms with Crippen LogP contribution in [0.4, 0.5) is 5.69 Å². The fourth-order valence-corrected chi connectivity index (χ4v) is 2.90. The molecular formula is C16H25N3O. The second-order valence-corrected chi connectivity index (χ2v) is 5.48. The highest BCUT2D eigenvalue weighted by Gasteiger charge is 2.24. The Morgan fingerprint density at radius 3 is 2.85 bits per heavy atom. The molecule has 20 heavy (non-hydrogen) atoms. The van der Waals surface area contributed by atoms with Crippen LogP contribution >= 0.6 is 0 Å². The molecule has 0 spiro atoms. The van der Waals surface area contributed by atoms with Crippen LogP contribution in [0.3, 0.4) is 0 Å². The molecule has 1 fully saturated rings. The van der Waals surface area contributed by atoms with Crippen LogP contribution in [0.2, 0.25) is 0 Å². The Kier molecular flexibility index (Phi) is 5.12. The standard InChI is InChI=1S/C16H25N3O/c1-4-16(20)15-9-8-13(11-17-15)18(3)12-14-7-6-10-19(14)5-2/h8-9,11,14H,4-7,10,12H2,1-3H3. The maximum atomic E-state index is 11.6. The first-order valence-corrected chi connectivity index (χ1v) is 7.60. The number of pyridine rings is 1. The zero-order valence-corrected chi connectivity index (χ0v) is 12.8. The third-order valence-electron chi connectivity index (χ3n) is 4.19. The van der Waals surface area contributed by atoms with Crippen LogP contribution in [0.5, 0.6) is 0 Å². The van der Waals surface area contributed by atoms with Gasteiger partial charge in [0.2, 0.25) is 0 Å². The number of hydrogen-bond donors (Lipinski definition) is 0. The van der Waals surface area contributed by atoms with E-state index in [2.05, 4.69) is 28.8 Å². The topological polar surface area (TPSA) is 36.4 Å². The van der Waals surface area contributed by atoms with Gasteiger partial charge in [0.05, 0.1) is 11.9 Å². The SMILES string of the molecule is CCC(=O)c1ccc(N(C)CC2CCCN2CC)cn1. The van der Waals surface area contributed by atoms with Crippen LogP contribution < -0.4 is 4.90 Å². The van der Waals surface area contributed by atoms with Gasteiger partial charge in [0.15, 0.2) is 5.78 Å². The number of likely N-dealkylation sites (N-methyl/N-ethyl adjacent to an activating group) is 2. The van der Waals surface area contributed by atoms with E-state index in [1.54, 1.807) is 0 Å². The Labute approximate surface area is 121 Å². The molecule has 2 rings (SSSR count). The van der Waals surface area contributed by atoms with Gasteiger partial charge in [-0.3, -0.25) is 14.7 Å². The number of Topliss-reactive ketones (excluding diaryl/α,β-unsaturated/α-hetero) is 1. The lowest BCUT2D eigenvalue weighted by Crippen LogP contribution is -2.38. The summed E-state index contributed by atoms with van der Waals surface area (Å²) in [6, 6.07) is 4.48. The molecule has 4 heteroatoms. The molecule has 0 N–H and O–H groups in total. The van der Waals surface area contributed by atoms with E-state index in [4.69, 9.17) is 0 Å². The first-order chi connectivity index (χ1) is 9.65. The second kappa shape index (κ2) is 6.84. The van der Waals surface area contributed by atoms with E-state index in [1.807, 2.05) is 25.3 Å². The first-order valence-electron chi connectivity index (χ1n) is 7.60. The van der Waals surface area contributed by atoms with Gasteiger partial charge >= 0.3 is 0 Å². The molecule has 1 atom stereocenters. The lowest BCUT2D eigenvalue weighted by Gasteiger charge is -2.28. The fraction of sp³-hybridized carbons (Fsp3) is 0.625. The molecule has 1 aliphatic rings. The number of rotatable bonds is 6. The smallest absolute Gasteiger partial charge is 0.180 e. The molecule has 2 heterocycles. The molecule has 1 aliphatic heterocycles. The van der Waals surface area contributed by atoms with E-state index in [1.165, 1.54) is 19.4 Å². The highest BCUT2D eigenvalue weighted by Crippen LogP contribution is 2.20. The average molecular weight is 275 g/mol. The Bertz CT molecular complexity index is 444. The van der Waals surface area contributed by atoms with E-state index >= 15 is 0 Å². The second-order valence-electron chi connectivity index (χ2n) is 5.48. The number of carbonyl (C=O) groups is 1. The third-order valence-corrected chi connectivity index (χ3v) is 4.19. The number of ketones is 1. The summed E-state index contributed by atoms with van der Waals surface area (Å²) in [5, 5.41) is 0. The highest BCUT2D eigenvalue weighted by atomic mass is 16.1. The summed E-state index contributed by atoms with van der Waals surface area (Å²) in [6.45, 7) is 7.46. The highest BCUT2D eigenvalue weighted by molar-refractivity contribution is 5.94. The van der Waals surface area contributed by atoms with Crippen LogP contribution in [-0.2, 0) is 0 Å². The Morgan fingerprint density at radius 1 is 1.45 bits per heavy atom. The molecule has 0 aromatic carbocycles. The predicted octanol–water partition coefficient (Wildman–Crippen LogP) is 2.59. The van der Waals surface area contributed by atoms with Gasteiger partial charge in [0.1, 0.15) is 5.69 Å². The van der Waals surface area contributed by atoms with Crippen molar-refractivity contribution in [2.24, 2.45) is 0 Å². The van der Waals surface area contributed by atoms with E-state index in [0.29, 0.717) is 18.2 Å². The van der Waals surface area contributed by atoms with Gasteiger partial charge in [-0.15, -0.1) is 0 Å². The van der Waals surface area contributed by atoms with Gasteiger partial charge in [-0.05, 0) is 38.1 Å². The van der Waals surface area contributed by atoms with Crippen molar-refractivity contribution < 1.29 is 4.79 Å². The van der Waals surface area contributed by atoms with E-state index < -0.39 is 0 Å². The van der Waals surface area contributed by atoms with Crippen LogP contribution in [0.15, 0.2) is 18.3 Å². The molecule has 0 saturated carbocycles. The molecular weight excluding hydrogens is 250 g/mol. The summed E-state index contributed by atoms with van der Waals surface area (Å²) in [7, 11) is 2.10. The number of anilines is 1. The van der Waals surface area contributed by atoms with E-state index in [9.17, 15) is 4.79 Å². The minimum atomic E-state index is 0.104. The summed E-state index contributed by atoms with van der Waals surface area (Å²) in [5.74, 6) is 0.104. The lowest BCUT2D eigenvalue weighted by atomic mass is 10.2. The number of carbonyl (C=O) groups excluding carboxylic acids is 1. The maximum Gasteiger partial charge on any atom is 0.180 e. The largest absolute Gasteiger partial charge is 0.372 e. The molecule has 0 radical (unpaired) electrons. The van der Waals surface area contributed by atoms with E-state index in [-0.39, 0.29) is 5.78 Å². The minimum absolute atomic E-state index is 0.104. The first kappa shape index (κ1) is 15.0. The molecule has 1 saturated heterocycles. The van der Waals surface area contributed by atoms with Crippen LogP contribution in [0.1, 0.15) is 43.6 Å². The van der Waals surface area contributed by atoms with Crippen molar-refractivity contribution in [1.29, 1.82) is 0 Å². The molecule has 4 nitrogen and oxygen atoms in total. The van der Waals surface area contributed by atoms with E-state index in [0.717, 1.165) is 18.8 Å². The zero-order chi connectivity index (χ0) is 14.5. The Hall–Kier alpha value is -1.42. The van der Waals surface area contributed by atoms with Crippen LogP contribution in [0, 0.1) is 0 Å². The van der Waals surface area contributed by atoms with Gasteiger partial charge in [-0.1, -0.05) is 13.8 Å². The summed E-state index contributed by atoms with van der Waals surface area (Å²) < 4.78 is 0. The van der Waals surface area contributed by atoms with Crippen molar-refractivity contribution in [3.8, 4) is 0 Å². The molecule has 0 aliphatic carbocycles. The van der Waals surface area contributed by atoms with Crippen molar-refractivity contribution in [2.45, 2.75) is 39.2 Å². The van der Waals surface area contributed by atoms with Crippen molar-refractivity contribution in [2.75, 3.05) is 31.6 Å². The van der Waals surface area contributed by atoms with Crippen molar-refractivity contribution in [1.82, 2.24) is 9.88 Å². The molecule has 1 unspecified atom stereocenters. The molecule has 110 valence electrons. The average Bonchev–Trinajstić information content (AvgIpc) is 2.93. The molecule has 1 aromatic rings. The van der Waals surface area contributed by atoms with Crippen molar-refractivity contribution >= 4 is 11.5 Å². The lowest BCUT2D eigenvalue weighted by molar-refractivity contribution is 0.0983. The van der Waals surface area contributed by atoms with Crippen LogP contribution in [-0.4, -0.2) is 48.4 Å². The van der Waals surface area contributed by atoms with Gasteiger partial charge < -0.3 is 4.90 Å². The predicted molar refractivity (Wildman–Crippen MR) is 82.4 cm³/mol. The van der Waals surface area contributed by atoms with Crippen molar-refractivity contribution in [3.05, 3.63) is 24.0 Å². The molecule has 0 amide bonds. The number of nitrogens with zero attached hydrogens (tertiary/aromatic N) is 3. The van der Waals surface area contributed by atoms with Crippen molar-refractivity contribution in [3.63, 3.8) is 0 Å². The zero-order valence-electron chi connectivity index (χ0n) is 12.8. The molecule has 0 bridgehead atoms. The maximum absolute atomic E-state index is 11.6. The number of hydrogen-bond acceptors (Lipinski definition) is 4. The minimum Gasteiger partial charge on any atom is -0.372 e. The fourth-order valence-electron chi connectivity index (χ4n) is 2.90. The Morgan fingerprint density at radius 2 is 2.25 bits per heavy atom.